The Labute approximate surface area is 153 Å². The summed E-state index contributed by atoms with van der Waals surface area (Å²) in [7, 11) is 1.67. The fourth-order valence-corrected chi connectivity index (χ4v) is 4.33. The van der Waals surface area contributed by atoms with Crippen LogP contribution in [0.4, 0.5) is 0 Å². The summed E-state index contributed by atoms with van der Waals surface area (Å²) in [6.07, 6.45) is 4.02. The number of nitrogens with two attached hydrogens (primary N) is 1. The maximum Gasteiger partial charge on any atom is 0.225 e. The van der Waals surface area contributed by atoms with Gasteiger partial charge in [-0.05, 0) is 54.5 Å². The molecule has 4 nitrogen and oxygen atoms in total. The van der Waals surface area contributed by atoms with Gasteiger partial charge in [-0.25, -0.2) is 0 Å². The number of thiophene rings is 1. The number of nitrogens with one attached hydrogen (secondary N) is 1. The molecule has 1 aliphatic rings. The third kappa shape index (κ3) is 4.22. The summed E-state index contributed by atoms with van der Waals surface area (Å²) in [4.78, 5) is 13.7. The average Bonchev–Trinajstić information content (AvgIpc) is 3.08. The van der Waals surface area contributed by atoms with Crippen LogP contribution in [0.2, 0.25) is 0 Å². The first-order valence-corrected chi connectivity index (χ1v) is 9.66. The first-order chi connectivity index (χ1) is 12.0. The van der Waals surface area contributed by atoms with E-state index >= 15 is 0 Å². The van der Waals surface area contributed by atoms with Crippen molar-refractivity contribution >= 4 is 17.2 Å². The number of ether oxygens (including phenoxy) is 1. The standard InChI is InChI=1S/C20H26N2O2S/c1-20(21)10-4-3-5-18(20)19(23)22-12-17-11-15(13-25-17)14-6-8-16(24-2)9-7-14/h6-9,11,13,18H,3-5,10,12,21H2,1-2H3,(H,22,23). The van der Waals surface area contributed by atoms with Crippen LogP contribution < -0.4 is 15.8 Å². The molecule has 1 saturated carbocycles. The molecule has 1 heterocycles. The maximum absolute atomic E-state index is 12.5. The van der Waals surface area contributed by atoms with Crippen molar-refractivity contribution in [3.05, 3.63) is 40.6 Å². The second-order valence-electron chi connectivity index (χ2n) is 7.05. The Morgan fingerprint density at radius 3 is 2.76 bits per heavy atom. The molecule has 0 bridgehead atoms. The van der Waals surface area contributed by atoms with Crippen LogP contribution in [0.3, 0.4) is 0 Å². The second kappa shape index (κ2) is 7.58. The van der Waals surface area contributed by atoms with Gasteiger partial charge in [-0.1, -0.05) is 25.0 Å². The van der Waals surface area contributed by atoms with E-state index in [1.807, 2.05) is 31.2 Å². The summed E-state index contributed by atoms with van der Waals surface area (Å²) in [5.41, 5.74) is 8.26. The van der Waals surface area contributed by atoms with Gasteiger partial charge in [-0.3, -0.25) is 4.79 Å². The van der Waals surface area contributed by atoms with E-state index in [9.17, 15) is 4.79 Å². The van der Waals surface area contributed by atoms with Gasteiger partial charge in [0.2, 0.25) is 5.91 Å². The van der Waals surface area contributed by atoms with Crippen LogP contribution in [0.25, 0.3) is 11.1 Å². The lowest BCUT2D eigenvalue weighted by molar-refractivity contribution is -0.128. The topological polar surface area (TPSA) is 64.3 Å². The lowest BCUT2D eigenvalue weighted by Gasteiger charge is -2.37. The predicted octanol–water partition coefficient (Wildman–Crippen LogP) is 3.95. The molecule has 134 valence electrons. The van der Waals surface area contributed by atoms with Gasteiger partial charge in [-0.2, -0.15) is 0 Å². The molecule has 2 atom stereocenters. The smallest absolute Gasteiger partial charge is 0.225 e. The number of hydrogen-bond acceptors (Lipinski definition) is 4. The first-order valence-electron chi connectivity index (χ1n) is 8.78. The van der Waals surface area contributed by atoms with E-state index in [1.54, 1.807) is 18.4 Å². The molecule has 1 amide bonds. The zero-order valence-corrected chi connectivity index (χ0v) is 15.7. The van der Waals surface area contributed by atoms with Crippen LogP contribution >= 0.6 is 11.3 Å². The van der Waals surface area contributed by atoms with E-state index in [2.05, 4.69) is 16.8 Å². The van der Waals surface area contributed by atoms with Crippen molar-refractivity contribution in [2.24, 2.45) is 11.7 Å². The van der Waals surface area contributed by atoms with Crippen molar-refractivity contribution in [2.75, 3.05) is 7.11 Å². The summed E-state index contributed by atoms with van der Waals surface area (Å²) < 4.78 is 5.19. The van der Waals surface area contributed by atoms with Gasteiger partial charge in [-0.15, -0.1) is 11.3 Å². The maximum atomic E-state index is 12.5. The molecule has 0 radical (unpaired) electrons. The highest BCUT2D eigenvalue weighted by Crippen LogP contribution is 2.32. The van der Waals surface area contributed by atoms with E-state index in [1.165, 1.54) is 5.56 Å². The normalized spacial score (nSPS) is 23.2. The van der Waals surface area contributed by atoms with E-state index < -0.39 is 0 Å². The van der Waals surface area contributed by atoms with Crippen LogP contribution in [0, 0.1) is 5.92 Å². The van der Waals surface area contributed by atoms with Gasteiger partial charge in [0, 0.05) is 10.4 Å². The third-order valence-corrected chi connectivity index (χ3v) is 6.02. The van der Waals surface area contributed by atoms with Crippen LogP contribution in [-0.2, 0) is 11.3 Å². The Bertz CT molecular complexity index is 722. The Kier molecular flexibility index (Phi) is 5.45. The van der Waals surface area contributed by atoms with Crippen molar-refractivity contribution < 1.29 is 9.53 Å². The highest BCUT2D eigenvalue weighted by molar-refractivity contribution is 7.10. The van der Waals surface area contributed by atoms with Gasteiger partial charge in [0.1, 0.15) is 5.75 Å². The zero-order valence-electron chi connectivity index (χ0n) is 14.9. The average molecular weight is 359 g/mol. The molecule has 3 N–H and O–H groups in total. The third-order valence-electron chi connectivity index (χ3n) is 5.08. The molecule has 1 aromatic heterocycles. The molecule has 3 rings (SSSR count). The molecule has 2 unspecified atom stereocenters. The number of amides is 1. The summed E-state index contributed by atoms with van der Waals surface area (Å²) >= 11 is 1.67. The van der Waals surface area contributed by atoms with Gasteiger partial charge in [0.15, 0.2) is 0 Å². The number of rotatable bonds is 5. The van der Waals surface area contributed by atoms with Crippen molar-refractivity contribution in [1.82, 2.24) is 5.32 Å². The van der Waals surface area contributed by atoms with Crippen molar-refractivity contribution in [3.63, 3.8) is 0 Å². The number of carbonyl (C=O) groups is 1. The summed E-state index contributed by atoms with van der Waals surface area (Å²) in [5, 5.41) is 5.20. The number of methoxy groups -OCH3 is 1. The SMILES string of the molecule is COc1ccc(-c2csc(CNC(=O)C3CCCCC3(C)N)c2)cc1. The van der Waals surface area contributed by atoms with Gasteiger partial charge in [0.25, 0.3) is 0 Å². The minimum Gasteiger partial charge on any atom is -0.497 e. The van der Waals surface area contributed by atoms with E-state index in [0.29, 0.717) is 6.54 Å². The van der Waals surface area contributed by atoms with Crippen molar-refractivity contribution in [3.8, 4) is 16.9 Å². The monoisotopic (exact) mass is 358 g/mol. The summed E-state index contributed by atoms with van der Waals surface area (Å²) in [6.45, 7) is 2.57. The lowest BCUT2D eigenvalue weighted by Crippen LogP contribution is -2.52. The largest absolute Gasteiger partial charge is 0.497 e. The summed E-state index contributed by atoms with van der Waals surface area (Å²) in [6, 6.07) is 10.1. The Hall–Kier alpha value is -1.85. The molecule has 0 spiro atoms. The number of carbonyl (C=O) groups excluding carboxylic acids is 1. The van der Waals surface area contributed by atoms with Crippen LogP contribution in [0.1, 0.15) is 37.5 Å². The quantitative estimate of drug-likeness (QED) is 0.851. The Balaban J connectivity index is 1.60. The molecular weight excluding hydrogens is 332 g/mol. The van der Waals surface area contributed by atoms with E-state index in [-0.39, 0.29) is 17.4 Å². The second-order valence-corrected chi connectivity index (χ2v) is 8.05. The molecule has 1 aromatic carbocycles. The highest BCUT2D eigenvalue weighted by atomic mass is 32.1. The Morgan fingerprint density at radius 1 is 1.32 bits per heavy atom. The van der Waals surface area contributed by atoms with Crippen LogP contribution in [-0.4, -0.2) is 18.6 Å². The number of benzene rings is 1. The van der Waals surface area contributed by atoms with Crippen LogP contribution in [0.15, 0.2) is 35.7 Å². The Morgan fingerprint density at radius 2 is 2.08 bits per heavy atom. The molecule has 2 aromatic rings. The minimum atomic E-state index is -0.383. The van der Waals surface area contributed by atoms with Gasteiger partial charge >= 0.3 is 0 Å². The number of hydrogen-bond donors (Lipinski definition) is 2. The molecule has 5 heteroatoms. The van der Waals surface area contributed by atoms with E-state index in [4.69, 9.17) is 10.5 Å². The fourth-order valence-electron chi connectivity index (χ4n) is 3.49. The van der Waals surface area contributed by atoms with Crippen LogP contribution in [0.5, 0.6) is 5.75 Å². The molecule has 1 fully saturated rings. The molecule has 0 aliphatic heterocycles. The van der Waals surface area contributed by atoms with Crippen molar-refractivity contribution in [2.45, 2.75) is 44.7 Å². The van der Waals surface area contributed by atoms with E-state index in [0.717, 1.165) is 41.9 Å². The minimum absolute atomic E-state index is 0.0812. The molecular formula is C20H26N2O2S. The predicted molar refractivity (Wildman–Crippen MR) is 103 cm³/mol. The fraction of sp³-hybridized carbons (Fsp3) is 0.450. The zero-order chi connectivity index (χ0) is 17.9. The molecule has 0 saturated heterocycles. The van der Waals surface area contributed by atoms with Crippen molar-refractivity contribution in [1.29, 1.82) is 0 Å². The molecule has 1 aliphatic carbocycles. The lowest BCUT2D eigenvalue weighted by atomic mass is 9.74. The van der Waals surface area contributed by atoms with Gasteiger partial charge < -0.3 is 15.8 Å². The first kappa shape index (κ1) is 18.0. The van der Waals surface area contributed by atoms with Gasteiger partial charge in [0.05, 0.1) is 19.6 Å². The highest BCUT2D eigenvalue weighted by Gasteiger charge is 2.37. The summed E-state index contributed by atoms with van der Waals surface area (Å²) in [5.74, 6) is 0.857. The molecule has 25 heavy (non-hydrogen) atoms.